The highest BCUT2D eigenvalue weighted by Crippen LogP contribution is 2.24. The number of aryl methyl sites for hydroxylation is 1. The van der Waals surface area contributed by atoms with Gasteiger partial charge in [0.15, 0.2) is 0 Å². The Morgan fingerprint density at radius 1 is 1.35 bits per heavy atom. The lowest BCUT2D eigenvalue weighted by Crippen LogP contribution is -2.35. The molecule has 104 valence electrons. The van der Waals surface area contributed by atoms with E-state index in [2.05, 4.69) is 33.9 Å². The Hall–Kier alpha value is -1.75. The molecule has 1 unspecified atom stereocenters. The van der Waals surface area contributed by atoms with Gasteiger partial charge in [0.1, 0.15) is 4.88 Å². The molecule has 1 aromatic carbocycles. The third-order valence-corrected chi connectivity index (χ3v) is 4.47. The van der Waals surface area contributed by atoms with Crippen molar-refractivity contribution in [1.29, 1.82) is 0 Å². The topological polar surface area (TPSA) is 46.1 Å². The zero-order valence-electron chi connectivity index (χ0n) is 11.2. The summed E-state index contributed by atoms with van der Waals surface area (Å²) in [6.07, 6.45) is 5.82. The van der Waals surface area contributed by atoms with Crippen molar-refractivity contribution in [3.63, 3.8) is 0 Å². The van der Waals surface area contributed by atoms with E-state index in [0.717, 1.165) is 32.2 Å². The first-order chi connectivity index (χ1) is 9.84. The van der Waals surface area contributed by atoms with Crippen LogP contribution in [0.25, 0.3) is 0 Å². The van der Waals surface area contributed by atoms with Gasteiger partial charge < -0.3 is 4.90 Å². The summed E-state index contributed by atoms with van der Waals surface area (Å²) < 4.78 is 3.78. The van der Waals surface area contributed by atoms with Crippen molar-refractivity contribution in [2.75, 3.05) is 6.54 Å². The van der Waals surface area contributed by atoms with E-state index in [-0.39, 0.29) is 5.91 Å². The third-order valence-electron chi connectivity index (χ3n) is 3.82. The number of carbonyl (C=O) groups excluding carboxylic acids is 1. The van der Waals surface area contributed by atoms with Crippen LogP contribution in [0.1, 0.15) is 34.5 Å². The Morgan fingerprint density at radius 2 is 2.20 bits per heavy atom. The maximum Gasteiger partial charge on any atom is 0.267 e. The number of hydrogen-bond donors (Lipinski definition) is 0. The van der Waals surface area contributed by atoms with Crippen molar-refractivity contribution in [2.45, 2.75) is 31.7 Å². The fourth-order valence-electron chi connectivity index (χ4n) is 2.78. The third kappa shape index (κ3) is 2.88. The van der Waals surface area contributed by atoms with Gasteiger partial charge in [0.05, 0.1) is 6.20 Å². The number of benzene rings is 1. The number of hydrogen-bond acceptors (Lipinski definition) is 4. The molecule has 1 atom stereocenters. The van der Waals surface area contributed by atoms with Gasteiger partial charge in [-0.3, -0.25) is 4.79 Å². The summed E-state index contributed by atoms with van der Waals surface area (Å²) >= 11 is 1.18. The summed E-state index contributed by atoms with van der Waals surface area (Å²) in [6.45, 7) is 0.857. The van der Waals surface area contributed by atoms with E-state index < -0.39 is 0 Å². The van der Waals surface area contributed by atoms with Crippen molar-refractivity contribution >= 4 is 17.4 Å². The molecule has 1 aliphatic heterocycles. The van der Waals surface area contributed by atoms with Crippen LogP contribution < -0.4 is 0 Å². The second-order valence-corrected chi connectivity index (χ2v) is 5.89. The van der Waals surface area contributed by atoms with Gasteiger partial charge in [-0.05, 0) is 42.8 Å². The largest absolute Gasteiger partial charge is 0.335 e. The Kier molecular flexibility index (Phi) is 4.06. The number of aromatic nitrogens is 2. The molecule has 1 aromatic heterocycles. The van der Waals surface area contributed by atoms with Gasteiger partial charge in [0.2, 0.25) is 0 Å². The molecule has 0 N–H and O–H groups in total. The Bertz CT molecular complexity index is 556. The molecule has 0 radical (unpaired) electrons. The van der Waals surface area contributed by atoms with Crippen molar-refractivity contribution < 1.29 is 4.79 Å². The van der Waals surface area contributed by atoms with Crippen molar-refractivity contribution in [3.8, 4) is 0 Å². The number of rotatable bonds is 4. The highest BCUT2D eigenvalue weighted by atomic mass is 32.1. The molecular formula is C15H17N3OS. The van der Waals surface area contributed by atoms with E-state index in [0.29, 0.717) is 10.9 Å². The second kappa shape index (κ2) is 6.13. The predicted octanol–water partition coefficient (Wildman–Crippen LogP) is 2.78. The van der Waals surface area contributed by atoms with Gasteiger partial charge in [-0.15, -0.1) is 5.10 Å². The van der Waals surface area contributed by atoms with Gasteiger partial charge in [-0.2, -0.15) is 0 Å². The number of likely N-dealkylation sites (tertiary alicyclic amines) is 1. The number of carbonyl (C=O) groups is 1. The van der Waals surface area contributed by atoms with Crippen molar-refractivity contribution in [3.05, 3.63) is 47.0 Å². The normalized spacial score (nSPS) is 18.4. The molecule has 0 spiro atoms. The maximum atomic E-state index is 12.4. The van der Waals surface area contributed by atoms with Crippen LogP contribution in [-0.4, -0.2) is 33.0 Å². The maximum absolute atomic E-state index is 12.4. The van der Waals surface area contributed by atoms with E-state index in [9.17, 15) is 4.79 Å². The van der Waals surface area contributed by atoms with Crippen LogP contribution in [0.15, 0.2) is 36.5 Å². The molecule has 1 amide bonds. The first-order valence-electron chi connectivity index (χ1n) is 6.97. The molecule has 1 fully saturated rings. The van der Waals surface area contributed by atoms with E-state index in [1.807, 2.05) is 11.0 Å². The molecule has 2 aromatic rings. The van der Waals surface area contributed by atoms with E-state index in [1.165, 1.54) is 17.1 Å². The molecule has 1 saturated heterocycles. The minimum absolute atomic E-state index is 0.0931. The number of nitrogens with zero attached hydrogens (tertiary/aromatic N) is 3. The summed E-state index contributed by atoms with van der Waals surface area (Å²) in [5.74, 6) is 0.0931. The Balaban J connectivity index is 1.63. The molecule has 0 aliphatic carbocycles. The fourth-order valence-corrected chi connectivity index (χ4v) is 3.26. The van der Waals surface area contributed by atoms with E-state index in [4.69, 9.17) is 0 Å². The van der Waals surface area contributed by atoms with Gasteiger partial charge in [0.25, 0.3) is 5.91 Å². The quantitative estimate of drug-likeness (QED) is 0.868. The zero-order valence-corrected chi connectivity index (χ0v) is 12.1. The lowest BCUT2D eigenvalue weighted by molar-refractivity contribution is 0.0735. The summed E-state index contributed by atoms with van der Waals surface area (Å²) in [5.41, 5.74) is 1.34. The highest BCUT2D eigenvalue weighted by Gasteiger charge is 2.29. The summed E-state index contributed by atoms with van der Waals surface area (Å²) in [5, 5.41) is 3.75. The van der Waals surface area contributed by atoms with Crippen LogP contribution in [0, 0.1) is 0 Å². The van der Waals surface area contributed by atoms with Crippen LogP contribution >= 0.6 is 11.5 Å². The molecule has 1 aliphatic rings. The molecular weight excluding hydrogens is 270 g/mol. The van der Waals surface area contributed by atoms with Gasteiger partial charge in [0, 0.05) is 12.6 Å². The molecule has 20 heavy (non-hydrogen) atoms. The smallest absolute Gasteiger partial charge is 0.267 e. The zero-order chi connectivity index (χ0) is 13.8. The average molecular weight is 287 g/mol. The Labute approximate surface area is 122 Å². The summed E-state index contributed by atoms with van der Waals surface area (Å²) in [4.78, 5) is 15.0. The van der Waals surface area contributed by atoms with E-state index in [1.54, 1.807) is 6.20 Å². The SMILES string of the molecule is O=C(c1cnns1)N1CCCC1CCc1ccccc1. The first-order valence-corrected chi connectivity index (χ1v) is 7.74. The molecule has 4 nitrogen and oxygen atoms in total. The first kappa shape index (κ1) is 13.2. The minimum atomic E-state index is 0.0931. The van der Waals surface area contributed by atoms with Gasteiger partial charge >= 0.3 is 0 Å². The Morgan fingerprint density at radius 3 is 2.95 bits per heavy atom. The van der Waals surface area contributed by atoms with Crippen LogP contribution in [0.4, 0.5) is 0 Å². The molecule has 3 rings (SSSR count). The average Bonchev–Trinajstić information content (AvgIpc) is 3.17. The summed E-state index contributed by atoms with van der Waals surface area (Å²) in [6, 6.07) is 10.8. The van der Waals surface area contributed by atoms with Crippen molar-refractivity contribution in [1.82, 2.24) is 14.5 Å². The van der Waals surface area contributed by atoms with Gasteiger partial charge in [-0.25, -0.2) is 0 Å². The highest BCUT2D eigenvalue weighted by molar-refractivity contribution is 7.07. The standard InChI is InChI=1S/C15H17N3OS/c19-15(14-11-16-17-20-14)18-10-4-7-13(18)9-8-12-5-2-1-3-6-12/h1-3,5-6,11,13H,4,7-10H2. The fraction of sp³-hybridized carbons (Fsp3) is 0.400. The van der Waals surface area contributed by atoms with Crippen LogP contribution in [-0.2, 0) is 6.42 Å². The molecule has 5 heteroatoms. The minimum Gasteiger partial charge on any atom is -0.335 e. The lowest BCUT2D eigenvalue weighted by atomic mass is 10.0. The van der Waals surface area contributed by atoms with Gasteiger partial charge in [-0.1, -0.05) is 34.8 Å². The van der Waals surface area contributed by atoms with Crippen molar-refractivity contribution in [2.24, 2.45) is 0 Å². The number of amides is 1. The lowest BCUT2D eigenvalue weighted by Gasteiger charge is -2.24. The predicted molar refractivity (Wildman–Crippen MR) is 78.7 cm³/mol. The van der Waals surface area contributed by atoms with Crippen LogP contribution in [0.2, 0.25) is 0 Å². The monoisotopic (exact) mass is 287 g/mol. The van der Waals surface area contributed by atoms with Crippen LogP contribution in [0.5, 0.6) is 0 Å². The van der Waals surface area contributed by atoms with E-state index >= 15 is 0 Å². The molecule has 0 bridgehead atoms. The second-order valence-electron chi connectivity index (χ2n) is 5.10. The van der Waals surface area contributed by atoms with Crippen LogP contribution in [0.3, 0.4) is 0 Å². The molecule has 2 heterocycles. The summed E-state index contributed by atoms with van der Waals surface area (Å²) in [7, 11) is 0. The molecule has 0 saturated carbocycles.